The summed E-state index contributed by atoms with van der Waals surface area (Å²) in [4.78, 5) is 27.7. The number of thiocarbonyl (C=S) groups is 1. The first kappa shape index (κ1) is 20.6. The first-order chi connectivity index (χ1) is 13.5. The predicted octanol–water partition coefficient (Wildman–Crippen LogP) is 1.98. The topological polar surface area (TPSA) is 73.5 Å². The second-order valence-corrected chi connectivity index (χ2v) is 8.15. The Morgan fingerprint density at radius 2 is 1.79 bits per heavy atom. The standard InChI is InChI=1S/C21H30N4O2S/c1-3-22-21(28)25-12-10-15(11-13-25)18(20(27)23-17-8-9-17)24-19(26)16-6-4-14(2)5-7-16/h4-7,15,17-18H,3,8-13H2,1-2H3,(H,22,28)(H,23,27)(H,24,26). The van der Waals surface area contributed by atoms with Gasteiger partial charge in [-0.05, 0) is 69.8 Å². The fourth-order valence-electron chi connectivity index (χ4n) is 3.54. The maximum Gasteiger partial charge on any atom is 0.251 e. The van der Waals surface area contributed by atoms with Gasteiger partial charge in [0.15, 0.2) is 5.11 Å². The third kappa shape index (κ3) is 5.44. The molecule has 28 heavy (non-hydrogen) atoms. The van der Waals surface area contributed by atoms with Crippen molar-refractivity contribution >= 4 is 29.1 Å². The van der Waals surface area contributed by atoms with E-state index in [9.17, 15) is 9.59 Å². The van der Waals surface area contributed by atoms with Crippen molar-refractivity contribution in [3.63, 3.8) is 0 Å². The fraction of sp³-hybridized carbons (Fsp3) is 0.571. The van der Waals surface area contributed by atoms with E-state index >= 15 is 0 Å². The highest BCUT2D eigenvalue weighted by atomic mass is 32.1. The summed E-state index contributed by atoms with van der Waals surface area (Å²) in [6, 6.07) is 7.19. The summed E-state index contributed by atoms with van der Waals surface area (Å²) >= 11 is 5.40. The van der Waals surface area contributed by atoms with E-state index in [0.29, 0.717) is 5.56 Å². The van der Waals surface area contributed by atoms with E-state index < -0.39 is 6.04 Å². The van der Waals surface area contributed by atoms with E-state index in [-0.39, 0.29) is 23.8 Å². The third-order valence-electron chi connectivity index (χ3n) is 5.43. The SMILES string of the molecule is CCNC(=S)N1CCC(C(NC(=O)c2ccc(C)cc2)C(=O)NC2CC2)CC1. The first-order valence-electron chi connectivity index (χ1n) is 10.2. The van der Waals surface area contributed by atoms with Crippen molar-refractivity contribution in [2.75, 3.05) is 19.6 Å². The molecule has 0 aromatic heterocycles. The number of likely N-dealkylation sites (tertiary alicyclic amines) is 1. The third-order valence-corrected chi connectivity index (χ3v) is 5.84. The highest BCUT2D eigenvalue weighted by molar-refractivity contribution is 7.80. The second kappa shape index (κ2) is 9.37. The number of nitrogens with one attached hydrogen (secondary N) is 3. The maximum atomic E-state index is 12.9. The fourth-order valence-corrected chi connectivity index (χ4v) is 3.87. The summed E-state index contributed by atoms with van der Waals surface area (Å²) in [5.41, 5.74) is 1.68. The Kier molecular flexibility index (Phi) is 6.88. The number of aryl methyl sites for hydroxylation is 1. The van der Waals surface area contributed by atoms with Crippen LogP contribution in [0.25, 0.3) is 0 Å². The lowest BCUT2D eigenvalue weighted by Crippen LogP contribution is -2.54. The molecule has 2 amide bonds. The van der Waals surface area contributed by atoms with Crippen LogP contribution in [0.15, 0.2) is 24.3 Å². The molecular weight excluding hydrogens is 372 g/mol. The lowest BCUT2D eigenvalue weighted by molar-refractivity contribution is -0.124. The van der Waals surface area contributed by atoms with Gasteiger partial charge in [0.2, 0.25) is 5.91 Å². The van der Waals surface area contributed by atoms with Gasteiger partial charge < -0.3 is 20.9 Å². The van der Waals surface area contributed by atoms with Gasteiger partial charge in [-0.1, -0.05) is 17.7 Å². The molecule has 152 valence electrons. The second-order valence-electron chi connectivity index (χ2n) is 7.76. The van der Waals surface area contributed by atoms with Crippen molar-refractivity contribution in [3.8, 4) is 0 Å². The molecule has 7 heteroatoms. The van der Waals surface area contributed by atoms with E-state index in [0.717, 1.165) is 56.0 Å². The molecule has 1 aromatic carbocycles. The van der Waals surface area contributed by atoms with Crippen LogP contribution in [-0.4, -0.2) is 53.5 Å². The predicted molar refractivity (Wildman–Crippen MR) is 114 cm³/mol. The summed E-state index contributed by atoms with van der Waals surface area (Å²) in [5.74, 6) is -0.147. The molecule has 1 heterocycles. The Bertz CT molecular complexity index is 710. The van der Waals surface area contributed by atoms with Crippen LogP contribution in [0.2, 0.25) is 0 Å². The number of hydrogen-bond donors (Lipinski definition) is 3. The summed E-state index contributed by atoms with van der Waals surface area (Å²) in [7, 11) is 0. The van der Waals surface area contributed by atoms with Crippen molar-refractivity contribution in [3.05, 3.63) is 35.4 Å². The molecule has 3 rings (SSSR count). The quantitative estimate of drug-likeness (QED) is 0.635. The molecular formula is C21H30N4O2S. The number of amides is 2. The Labute approximate surface area is 172 Å². The zero-order valence-electron chi connectivity index (χ0n) is 16.7. The van der Waals surface area contributed by atoms with Crippen molar-refractivity contribution < 1.29 is 9.59 Å². The van der Waals surface area contributed by atoms with Gasteiger partial charge in [-0.2, -0.15) is 0 Å². The first-order valence-corrected chi connectivity index (χ1v) is 10.6. The van der Waals surface area contributed by atoms with Gasteiger partial charge in [-0.15, -0.1) is 0 Å². The average molecular weight is 403 g/mol. The van der Waals surface area contributed by atoms with Crippen LogP contribution in [0.5, 0.6) is 0 Å². The van der Waals surface area contributed by atoms with Crippen LogP contribution in [0.1, 0.15) is 48.5 Å². The minimum atomic E-state index is -0.510. The van der Waals surface area contributed by atoms with Gasteiger partial charge in [0.1, 0.15) is 6.04 Å². The van der Waals surface area contributed by atoms with E-state index in [1.165, 1.54) is 0 Å². The smallest absolute Gasteiger partial charge is 0.251 e. The van der Waals surface area contributed by atoms with Crippen LogP contribution < -0.4 is 16.0 Å². The zero-order chi connectivity index (χ0) is 20.1. The van der Waals surface area contributed by atoms with Crippen molar-refractivity contribution in [2.24, 2.45) is 5.92 Å². The van der Waals surface area contributed by atoms with E-state index in [4.69, 9.17) is 12.2 Å². The molecule has 3 N–H and O–H groups in total. The molecule has 1 aliphatic carbocycles. The minimum Gasteiger partial charge on any atom is -0.363 e. The maximum absolute atomic E-state index is 12.9. The van der Waals surface area contributed by atoms with E-state index in [2.05, 4.69) is 20.9 Å². The Morgan fingerprint density at radius 3 is 2.36 bits per heavy atom. The van der Waals surface area contributed by atoms with Crippen LogP contribution >= 0.6 is 12.2 Å². The Hall–Kier alpha value is -2.15. The molecule has 0 bridgehead atoms. The van der Waals surface area contributed by atoms with Crippen molar-refractivity contribution in [1.29, 1.82) is 0 Å². The van der Waals surface area contributed by atoms with Crippen LogP contribution in [0.4, 0.5) is 0 Å². The highest BCUT2D eigenvalue weighted by Gasteiger charge is 2.35. The molecule has 2 aliphatic rings. The number of nitrogens with zero attached hydrogens (tertiary/aromatic N) is 1. The summed E-state index contributed by atoms with van der Waals surface area (Å²) in [5, 5.41) is 10.0. The van der Waals surface area contributed by atoms with Gasteiger partial charge in [0.25, 0.3) is 5.91 Å². The molecule has 1 saturated carbocycles. The minimum absolute atomic E-state index is 0.0596. The van der Waals surface area contributed by atoms with Gasteiger partial charge >= 0.3 is 0 Å². The molecule has 0 spiro atoms. The zero-order valence-corrected chi connectivity index (χ0v) is 17.5. The van der Waals surface area contributed by atoms with Crippen LogP contribution in [0.3, 0.4) is 0 Å². The van der Waals surface area contributed by atoms with Crippen molar-refractivity contribution in [1.82, 2.24) is 20.9 Å². The molecule has 1 aliphatic heterocycles. The molecule has 2 fully saturated rings. The summed E-state index contributed by atoms with van der Waals surface area (Å²) in [6.07, 6.45) is 3.70. The Balaban J connectivity index is 1.65. The van der Waals surface area contributed by atoms with Gasteiger partial charge in [-0.3, -0.25) is 9.59 Å². The highest BCUT2D eigenvalue weighted by Crippen LogP contribution is 2.24. The molecule has 1 unspecified atom stereocenters. The van der Waals surface area contributed by atoms with Crippen LogP contribution in [0, 0.1) is 12.8 Å². The summed E-state index contributed by atoms with van der Waals surface area (Å²) in [6.45, 7) is 6.41. The number of rotatable bonds is 6. The largest absolute Gasteiger partial charge is 0.363 e. The number of carbonyl (C=O) groups is 2. The normalized spacial score (nSPS) is 18.3. The molecule has 1 aromatic rings. The lowest BCUT2D eigenvalue weighted by atomic mass is 9.88. The number of carbonyl (C=O) groups excluding carboxylic acids is 2. The lowest BCUT2D eigenvalue weighted by Gasteiger charge is -2.37. The molecule has 1 atom stereocenters. The molecule has 6 nitrogen and oxygen atoms in total. The Morgan fingerprint density at radius 1 is 1.14 bits per heavy atom. The number of hydrogen-bond acceptors (Lipinski definition) is 3. The molecule has 1 saturated heterocycles. The van der Waals surface area contributed by atoms with E-state index in [1.807, 2.05) is 26.0 Å². The monoisotopic (exact) mass is 402 g/mol. The number of piperidine rings is 1. The van der Waals surface area contributed by atoms with Gasteiger partial charge in [0, 0.05) is 31.2 Å². The molecule has 0 radical (unpaired) electrons. The van der Waals surface area contributed by atoms with Crippen molar-refractivity contribution in [2.45, 2.75) is 51.6 Å². The number of benzene rings is 1. The van der Waals surface area contributed by atoms with Gasteiger partial charge in [0.05, 0.1) is 0 Å². The summed E-state index contributed by atoms with van der Waals surface area (Å²) < 4.78 is 0. The van der Waals surface area contributed by atoms with Crippen LogP contribution in [-0.2, 0) is 4.79 Å². The van der Waals surface area contributed by atoms with Gasteiger partial charge in [-0.25, -0.2) is 0 Å². The van der Waals surface area contributed by atoms with E-state index in [1.54, 1.807) is 12.1 Å². The average Bonchev–Trinajstić information content (AvgIpc) is 3.50.